The van der Waals surface area contributed by atoms with Crippen molar-refractivity contribution in [3.05, 3.63) is 52.5 Å². The van der Waals surface area contributed by atoms with Gasteiger partial charge in [-0.25, -0.2) is 4.98 Å². The molecule has 0 aliphatic rings. The van der Waals surface area contributed by atoms with E-state index in [2.05, 4.69) is 55.5 Å². The Morgan fingerprint density at radius 2 is 2.06 bits per heavy atom. The molecule has 2 aromatic rings. The highest BCUT2D eigenvalue weighted by molar-refractivity contribution is 9.10. The van der Waals surface area contributed by atoms with Gasteiger partial charge in [0.05, 0.1) is 0 Å². The summed E-state index contributed by atoms with van der Waals surface area (Å²) < 4.78 is 1.12. The number of hydrogen-bond donors (Lipinski definition) is 2. The molecule has 0 amide bonds. The molecule has 0 bridgehead atoms. The van der Waals surface area contributed by atoms with Crippen molar-refractivity contribution in [1.82, 2.24) is 15.3 Å². The second kappa shape index (κ2) is 6.57. The van der Waals surface area contributed by atoms with Crippen LogP contribution in [0.2, 0.25) is 0 Å². The SMILES string of the molecule is Brc1ccc(CNCCCc2ncc[nH]2)cc1. The van der Waals surface area contributed by atoms with Gasteiger partial charge in [0.2, 0.25) is 0 Å². The standard InChI is InChI=1S/C13H16BrN3/c14-12-5-3-11(4-6-12)10-15-7-1-2-13-16-8-9-17-13/h3-6,8-9,15H,1-2,7,10H2,(H,16,17). The number of hydrogen-bond acceptors (Lipinski definition) is 2. The van der Waals surface area contributed by atoms with Crippen LogP contribution in [0.15, 0.2) is 41.1 Å². The van der Waals surface area contributed by atoms with E-state index < -0.39 is 0 Å². The van der Waals surface area contributed by atoms with Crippen LogP contribution in [0.25, 0.3) is 0 Å². The monoisotopic (exact) mass is 293 g/mol. The lowest BCUT2D eigenvalue weighted by Gasteiger charge is -2.04. The summed E-state index contributed by atoms with van der Waals surface area (Å²) in [6.45, 7) is 1.93. The van der Waals surface area contributed by atoms with Gasteiger partial charge in [0.15, 0.2) is 0 Å². The molecule has 1 aromatic carbocycles. The highest BCUT2D eigenvalue weighted by Gasteiger charge is 1.95. The normalized spacial score (nSPS) is 10.6. The molecule has 0 aliphatic heterocycles. The van der Waals surface area contributed by atoms with Crippen molar-refractivity contribution in [3.8, 4) is 0 Å². The quantitative estimate of drug-likeness (QED) is 0.804. The molecule has 2 N–H and O–H groups in total. The van der Waals surface area contributed by atoms with Crippen molar-refractivity contribution < 1.29 is 0 Å². The number of nitrogens with one attached hydrogen (secondary N) is 2. The molecular formula is C13H16BrN3. The third kappa shape index (κ3) is 4.32. The number of halogens is 1. The van der Waals surface area contributed by atoms with E-state index >= 15 is 0 Å². The van der Waals surface area contributed by atoms with Crippen molar-refractivity contribution in [1.29, 1.82) is 0 Å². The highest BCUT2D eigenvalue weighted by atomic mass is 79.9. The van der Waals surface area contributed by atoms with Gasteiger partial charge in [-0.2, -0.15) is 0 Å². The molecule has 0 aliphatic carbocycles. The molecule has 1 aromatic heterocycles. The molecule has 0 saturated heterocycles. The number of rotatable bonds is 6. The van der Waals surface area contributed by atoms with Crippen LogP contribution in [0.1, 0.15) is 17.8 Å². The molecule has 2 rings (SSSR count). The minimum Gasteiger partial charge on any atom is -0.349 e. The average Bonchev–Trinajstić information content (AvgIpc) is 2.84. The Bertz CT molecular complexity index is 422. The maximum Gasteiger partial charge on any atom is 0.106 e. The van der Waals surface area contributed by atoms with Crippen LogP contribution >= 0.6 is 15.9 Å². The molecule has 17 heavy (non-hydrogen) atoms. The minimum atomic E-state index is 0.922. The first-order valence-electron chi connectivity index (χ1n) is 5.78. The van der Waals surface area contributed by atoms with Crippen molar-refractivity contribution in [2.24, 2.45) is 0 Å². The summed E-state index contributed by atoms with van der Waals surface area (Å²) in [5, 5.41) is 3.43. The minimum absolute atomic E-state index is 0.922. The van der Waals surface area contributed by atoms with E-state index in [1.54, 1.807) is 6.20 Å². The molecule has 0 saturated carbocycles. The van der Waals surface area contributed by atoms with Crippen molar-refractivity contribution in [2.45, 2.75) is 19.4 Å². The van der Waals surface area contributed by atoms with Gasteiger partial charge in [0, 0.05) is 29.8 Å². The van der Waals surface area contributed by atoms with E-state index in [4.69, 9.17) is 0 Å². The summed E-state index contributed by atoms with van der Waals surface area (Å²) in [5.41, 5.74) is 1.31. The lowest BCUT2D eigenvalue weighted by atomic mass is 10.2. The average molecular weight is 294 g/mol. The molecule has 0 spiro atoms. The second-order valence-corrected chi connectivity index (χ2v) is 4.86. The van der Waals surface area contributed by atoms with E-state index in [1.165, 1.54) is 5.56 Å². The maximum atomic E-state index is 4.19. The fourth-order valence-corrected chi connectivity index (χ4v) is 1.91. The molecule has 0 radical (unpaired) electrons. The number of imidazole rings is 1. The second-order valence-electron chi connectivity index (χ2n) is 3.94. The summed E-state index contributed by atoms with van der Waals surface area (Å²) >= 11 is 3.43. The van der Waals surface area contributed by atoms with Crippen LogP contribution in [0.5, 0.6) is 0 Å². The van der Waals surface area contributed by atoms with Crippen molar-refractivity contribution in [3.63, 3.8) is 0 Å². The third-order valence-corrected chi connectivity index (χ3v) is 3.09. The third-order valence-electron chi connectivity index (χ3n) is 2.56. The van der Waals surface area contributed by atoms with E-state index in [9.17, 15) is 0 Å². The van der Waals surface area contributed by atoms with E-state index in [0.29, 0.717) is 0 Å². The Kier molecular flexibility index (Phi) is 4.76. The number of benzene rings is 1. The molecule has 1 heterocycles. The number of aromatic nitrogens is 2. The van der Waals surface area contributed by atoms with Gasteiger partial charge in [-0.15, -0.1) is 0 Å². The van der Waals surface area contributed by atoms with Gasteiger partial charge in [-0.3, -0.25) is 0 Å². The maximum absolute atomic E-state index is 4.19. The Morgan fingerprint density at radius 1 is 1.24 bits per heavy atom. The zero-order valence-corrected chi connectivity index (χ0v) is 11.2. The van der Waals surface area contributed by atoms with Crippen LogP contribution < -0.4 is 5.32 Å². The smallest absolute Gasteiger partial charge is 0.106 e. The van der Waals surface area contributed by atoms with Gasteiger partial charge >= 0.3 is 0 Å². The van der Waals surface area contributed by atoms with Crippen LogP contribution in [0.4, 0.5) is 0 Å². The Balaban J connectivity index is 1.61. The predicted molar refractivity (Wildman–Crippen MR) is 72.8 cm³/mol. The van der Waals surface area contributed by atoms with E-state index in [0.717, 1.165) is 36.2 Å². The summed E-state index contributed by atoms with van der Waals surface area (Å²) in [4.78, 5) is 7.30. The van der Waals surface area contributed by atoms with Gasteiger partial charge in [-0.1, -0.05) is 28.1 Å². The number of nitrogens with zero attached hydrogens (tertiary/aromatic N) is 1. The predicted octanol–water partition coefficient (Wildman–Crippen LogP) is 2.89. The highest BCUT2D eigenvalue weighted by Crippen LogP contribution is 2.10. The number of aromatic amines is 1. The Labute approximate surface area is 110 Å². The van der Waals surface area contributed by atoms with Gasteiger partial charge in [-0.05, 0) is 30.7 Å². The zero-order valence-electron chi connectivity index (χ0n) is 9.62. The molecule has 0 fully saturated rings. The molecule has 90 valence electrons. The molecule has 3 nitrogen and oxygen atoms in total. The number of H-pyrrole nitrogens is 1. The van der Waals surface area contributed by atoms with Crippen LogP contribution in [-0.4, -0.2) is 16.5 Å². The fourth-order valence-electron chi connectivity index (χ4n) is 1.65. The molecule has 0 unspecified atom stereocenters. The topological polar surface area (TPSA) is 40.7 Å². The Morgan fingerprint density at radius 3 is 2.76 bits per heavy atom. The summed E-state index contributed by atoms with van der Waals surface area (Å²) in [6.07, 6.45) is 5.76. The fraction of sp³-hybridized carbons (Fsp3) is 0.308. The first kappa shape index (κ1) is 12.3. The number of aryl methyl sites for hydroxylation is 1. The summed E-state index contributed by atoms with van der Waals surface area (Å²) in [7, 11) is 0. The van der Waals surface area contributed by atoms with Gasteiger partial charge < -0.3 is 10.3 Å². The largest absolute Gasteiger partial charge is 0.349 e. The first-order chi connectivity index (χ1) is 8.34. The lowest BCUT2D eigenvalue weighted by Crippen LogP contribution is -2.15. The van der Waals surface area contributed by atoms with Gasteiger partial charge in [0.1, 0.15) is 5.82 Å². The van der Waals surface area contributed by atoms with Gasteiger partial charge in [0.25, 0.3) is 0 Å². The van der Waals surface area contributed by atoms with Crippen LogP contribution in [-0.2, 0) is 13.0 Å². The summed E-state index contributed by atoms with van der Waals surface area (Å²) in [6, 6.07) is 8.40. The molecular weight excluding hydrogens is 278 g/mol. The van der Waals surface area contributed by atoms with Crippen molar-refractivity contribution >= 4 is 15.9 Å². The van der Waals surface area contributed by atoms with E-state index in [1.807, 2.05) is 6.20 Å². The molecule has 4 heteroatoms. The first-order valence-corrected chi connectivity index (χ1v) is 6.57. The molecule has 0 atom stereocenters. The van der Waals surface area contributed by atoms with Crippen molar-refractivity contribution in [2.75, 3.05) is 6.54 Å². The Hall–Kier alpha value is -1.13. The zero-order chi connectivity index (χ0) is 11.9. The van der Waals surface area contributed by atoms with E-state index in [-0.39, 0.29) is 0 Å². The van der Waals surface area contributed by atoms with Crippen LogP contribution in [0.3, 0.4) is 0 Å². The lowest BCUT2D eigenvalue weighted by molar-refractivity contribution is 0.641. The summed E-state index contributed by atoms with van der Waals surface area (Å²) in [5.74, 6) is 1.07. The van der Waals surface area contributed by atoms with Crippen LogP contribution in [0, 0.1) is 0 Å².